The molecule has 0 amide bonds. The molecular formula is C18H19NO4. The zero-order chi connectivity index (χ0) is 16.2. The topological polar surface area (TPSA) is 67.8 Å². The smallest absolute Gasteiger partial charge is 0.220 e. The van der Waals surface area contributed by atoms with E-state index in [0.717, 1.165) is 36.1 Å². The number of hydrogen-bond acceptors (Lipinski definition) is 5. The Morgan fingerprint density at radius 3 is 2.87 bits per heavy atom. The minimum absolute atomic E-state index is 0.113. The molecular weight excluding hydrogens is 294 g/mol. The normalized spacial score (nSPS) is 28.3. The lowest BCUT2D eigenvalue weighted by molar-refractivity contribution is -0.114. The Kier molecular flexibility index (Phi) is 3.03. The highest BCUT2D eigenvalue weighted by Crippen LogP contribution is 2.54. The summed E-state index contributed by atoms with van der Waals surface area (Å²) >= 11 is 0. The van der Waals surface area contributed by atoms with Gasteiger partial charge in [0.05, 0.1) is 14.2 Å². The van der Waals surface area contributed by atoms with E-state index < -0.39 is 5.41 Å². The van der Waals surface area contributed by atoms with Crippen molar-refractivity contribution in [2.24, 2.45) is 0 Å². The van der Waals surface area contributed by atoms with E-state index in [9.17, 15) is 9.90 Å². The van der Waals surface area contributed by atoms with Gasteiger partial charge in [-0.15, -0.1) is 0 Å². The van der Waals surface area contributed by atoms with E-state index in [2.05, 4.69) is 5.32 Å². The van der Waals surface area contributed by atoms with Crippen molar-refractivity contribution in [3.63, 3.8) is 0 Å². The molecule has 0 aromatic heterocycles. The molecule has 1 heterocycles. The Hall–Kier alpha value is -2.27. The van der Waals surface area contributed by atoms with Crippen LogP contribution in [0, 0.1) is 0 Å². The Bertz CT molecular complexity index is 765. The van der Waals surface area contributed by atoms with Crippen LogP contribution in [0.5, 0.6) is 11.5 Å². The Morgan fingerprint density at radius 1 is 1.30 bits per heavy atom. The number of benzene rings is 1. The number of carbonyl (C=O) groups excluding carboxylic acids is 1. The second-order valence-electron chi connectivity index (χ2n) is 6.26. The summed E-state index contributed by atoms with van der Waals surface area (Å²) in [5.41, 5.74) is 2.45. The van der Waals surface area contributed by atoms with Crippen LogP contribution in [0.1, 0.15) is 17.5 Å². The van der Waals surface area contributed by atoms with Crippen molar-refractivity contribution in [3.05, 3.63) is 46.7 Å². The van der Waals surface area contributed by atoms with Crippen molar-refractivity contribution >= 4 is 5.78 Å². The van der Waals surface area contributed by atoms with Gasteiger partial charge in [0.2, 0.25) is 5.78 Å². The molecule has 2 aliphatic carbocycles. The predicted octanol–water partition coefficient (Wildman–Crippen LogP) is 1.60. The number of phenols is 1. The van der Waals surface area contributed by atoms with Crippen LogP contribution in [0.25, 0.3) is 0 Å². The lowest BCUT2D eigenvalue weighted by Gasteiger charge is -2.49. The minimum atomic E-state index is -0.499. The maximum Gasteiger partial charge on any atom is 0.220 e. The van der Waals surface area contributed by atoms with Crippen molar-refractivity contribution in [1.82, 2.24) is 5.32 Å². The first-order valence-corrected chi connectivity index (χ1v) is 7.76. The zero-order valence-corrected chi connectivity index (χ0v) is 13.2. The third kappa shape index (κ3) is 1.80. The minimum Gasteiger partial charge on any atom is -0.504 e. The average Bonchev–Trinajstić information content (AvgIpc) is 2.54. The van der Waals surface area contributed by atoms with Crippen LogP contribution in [0.2, 0.25) is 0 Å². The summed E-state index contributed by atoms with van der Waals surface area (Å²) in [6.07, 6.45) is 5.08. The first kappa shape index (κ1) is 14.3. The zero-order valence-electron chi connectivity index (χ0n) is 13.2. The molecule has 1 aliphatic heterocycles. The molecule has 1 fully saturated rings. The van der Waals surface area contributed by atoms with Crippen molar-refractivity contribution in [2.75, 3.05) is 20.8 Å². The molecule has 120 valence electrons. The molecule has 1 saturated heterocycles. The molecule has 2 bridgehead atoms. The maximum absolute atomic E-state index is 12.2. The molecule has 0 saturated carbocycles. The van der Waals surface area contributed by atoms with E-state index in [1.807, 2.05) is 12.1 Å². The van der Waals surface area contributed by atoms with E-state index in [1.54, 1.807) is 19.3 Å². The van der Waals surface area contributed by atoms with Crippen LogP contribution in [-0.4, -0.2) is 37.7 Å². The molecule has 1 aromatic carbocycles. The molecule has 1 aromatic rings. The number of piperidine rings is 1. The number of aromatic hydroxyl groups is 1. The van der Waals surface area contributed by atoms with E-state index in [-0.39, 0.29) is 17.6 Å². The van der Waals surface area contributed by atoms with Crippen molar-refractivity contribution < 1.29 is 19.4 Å². The quantitative estimate of drug-likeness (QED) is 0.868. The molecule has 3 aliphatic rings. The maximum atomic E-state index is 12.2. The van der Waals surface area contributed by atoms with E-state index in [0.29, 0.717) is 11.5 Å². The van der Waals surface area contributed by atoms with Crippen LogP contribution in [-0.2, 0) is 21.4 Å². The molecule has 5 heteroatoms. The lowest BCUT2D eigenvalue weighted by atomic mass is 9.59. The van der Waals surface area contributed by atoms with Gasteiger partial charge in [0.15, 0.2) is 17.3 Å². The monoisotopic (exact) mass is 313 g/mol. The number of hydrogen-bond donors (Lipinski definition) is 2. The molecule has 5 nitrogen and oxygen atoms in total. The second-order valence-corrected chi connectivity index (χ2v) is 6.26. The summed E-state index contributed by atoms with van der Waals surface area (Å²) in [7, 11) is 3.05. The standard InChI is InChI=1S/C18H19NO4/c1-22-14-4-3-10-7-12-11-8-13(20)15(23-2)9-18(11,5-6-19-12)16(10)17(14)21/h3-4,8-9,12,19,21H,5-7H2,1-2H3/t12-,18+/m0/s1. The lowest BCUT2D eigenvalue weighted by Crippen LogP contribution is -2.54. The van der Waals surface area contributed by atoms with E-state index in [1.165, 1.54) is 7.11 Å². The molecule has 2 N–H and O–H groups in total. The summed E-state index contributed by atoms with van der Waals surface area (Å²) in [4.78, 5) is 12.2. The highest BCUT2D eigenvalue weighted by Gasteiger charge is 2.50. The van der Waals surface area contributed by atoms with Gasteiger partial charge in [-0.05, 0) is 48.7 Å². The van der Waals surface area contributed by atoms with Gasteiger partial charge in [0.25, 0.3) is 0 Å². The summed E-state index contributed by atoms with van der Waals surface area (Å²) in [6.45, 7) is 0.819. The number of ether oxygens (including phenoxy) is 2. The highest BCUT2D eigenvalue weighted by atomic mass is 16.5. The van der Waals surface area contributed by atoms with Gasteiger partial charge in [-0.1, -0.05) is 6.07 Å². The van der Waals surface area contributed by atoms with Crippen molar-refractivity contribution in [2.45, 2.75) is 24.3 Å². The summed E-state index contributed by atoms with van der Waals surface area (Å²) in [5.74, 6) is 0.846. The predicted molar refractivity (Wildman–Crippen MR) is 84.6 cm³/mol. The van der Waals surface area contributed by atoms with Gasteiger partial charge in [-0.2, -0.15) is 0 Å². The Balaban J connectivity index is 2.03. The molecule has 2 atom stereocenters. The van der Waals surface area contributed by atoms with Gasteiger partial charge in [-0.25, -0.2) is 0 Å². The number of allylic oxidation sites excluding steroid dienone is 2. The SMILES string of the molecule is COC1=C[C@@]23CCN[C@@H](Cc4ccc(OC)c(O)c42)C3=CC1=O. The van der Waals surface area contributed by atoms with Gasteiger partial charge < -0.3 is 19.9 Å². The average molecular weight is 313 g/mol. The number of carbonyl (C=O) groups is 1. The number of nitrogens with one attached hydrogen (secondary N) is 1. The van der Waals surface area contributed by atoms with Crippen LogP contribution >= 0.6 is 0 Å². The Morgan fingerprint density at radius 2 is 2.13 bits per heavy atom. The number of phenolic OH excluding ortho intramolecular Hbond substituents is 1. The third-order valence-electron chi connectivity index (χ3n) is 5.24. The van der Waals surface area contributed by atoms with Gasteiger partial charge in [-0.3, -0.25) is 4.79 Å². The van der Waals surface area contributed by atoms with Crippen molar-refractivity contribution in [3.8, 4) is 11.5 Å². The second kappa shape index (κ2) is 4.86. The van der Waals surface area contributed by atoms with E-state index in [4.69, 9.17) is 9.47 Å². The molecule has 0 unspecified atom stereocenters. The Labute approximate surface area is 134 Å². The van der Waals surface area contributed by atoms with Crippen LogP contribution in [0.15, 0.2) is 35.6 Å². The third-order valence-corrected chi connectivity index (χ3v) is 5.24. The largest absolute Gasteiger partial charge is 0.504 e. The van der Waals surface area contributed by atoms with Crippen molar-refractivity contribution in [1.29, 1.82) is 0 Å². The van der Waals surface area contributed by atoms with Crippen LogP contribution in [0.4, 0.5) is 0 Å². The highest BCUT2D eigenvalue weighted by molar-refractivity contribution is 6.05. The summed E-state index contributed by atoms with van der Waals surface area (Å²) < 4.78 is 10.6. The number of ketones is 1. The summed E-state index contributed by atoms with van der Waals surface area (Å²) in [5, 5.41) is 14.3. The molecule has 4 rings (SSSR count). The number of rotatable bonds is 2. The first-order valence-electron chi connectivity index (χ1n) is 7.76. The van der Waals surface area contributed by atoms with Crippen LogP contribution in [0.3, 0.4) is 0 Å². The van der Waals surface area contributed by atoms with Gasteiger partial charge in [0.1, 0.15) is 0 Å². The van der Waals surface area contributed by atoms with Crippen LogP contribution < -0.4 is 10.1 Å². The fraction of sp³-hybridized carbons (Fsp3) is 0.389. The first-order chi connectivity index (χ1) is 11.1. The van der Waals surface area contributed by atoms with E-state index >= 15 is 0 Å². The fourth-order valence-electron chi connectivity index (χ4n) is 4.25. The number of fused-ring (bicyclic) bond motifs is 1. The van der Waals surface area contributed by atoms with Gasteiger partial charge >= 0.3 is 0 Å². The fourth-order valence-corrected chi connectivity index (χ4v) is 4.25. The van der Waals surface area contributed by atoms with Gasteiger partial charge in [0, 0.05) is 17.0 Å². The molecule has 0 spiro atoms. The molecule has 0 radical (unpaired) electrons. The molecule has 23 heavy (non-hydrogen) atoms. The number of methoxy groups -OCH3 is 2. The summed E-state index contributed by atoms with van der Waals surface area (Å²) in [6, 6.07) is 3.91.